The molecule has 0 radical (unpaired) electrons. The minimum Gasteiger partial charge on any atom is -0.480 e. The fourth-order valence-corrected chi connectivity index (χ4v) is 1.36. The molecule has 0 aliphatic rings. The van der Waals surface area contributed by atoms with Gasteiger partial charge in [-0.05, 0) is 6.92 Å². The number of urea groups is 1. The molecule has 0 aromatic heterocycles. The largest absolute Gasteiger partial charge is 0.480 e. The number of halogens is 4. The number of hydrogen-bond acceptors (Lipinski definition) is 2. The molecule has 20 heavy (non-hydrogen) atoms. The highest BCUT2D eigenvalue weighted by atomic mass is 19.2. The van der Waals surface area contributed by atoms with Gasteiger partial charge in [0.1, 0.15) is 12.2 Å². The number of nitrogens with zero attached hydrogens (tertiary/aromatic N) is 1. The normalized spacial score (nSPS) is 10.2. The smallest absolute Gasteiger partial charge is 0.323 e. The third kappa shape index (κ3) is 3.37. The minimum atomic E-state index is -1.77. The maximum atomic E-state index is 13.3. The summed E-state index contributed by atoms with van der Waals surface area (Å²) in [7, 11) is 0. The molecule has 0 fully saturated rings. The molecule has 0 saturated carbocycles. The van der Waals surface area contributed by atoms with Crippen molar-refractivity contribution in [1.82, 2.24) is 4.90 Å². The van der Waals surface area contributed by atoms with Gasteiger partial charge in [-0.1, -0.05) is 0 Å². The van der Waals surface area contributed by atoms with Crippen LogP contribution in [-0.2, 0) is 4.79 Å². The molecule has 1 aromatic rings. The lowest BCUT2D eigenvalue weighted by Crippen LogP contribution is -2.39. The second kappa shape index (κ2) is 6.22. The zero-order valence-corrected chi connectivity index (χ0v) is 10.2. The number of nitrogens with one attached hydrogen (secondary N) is 1. The van der Waals surface area contributed by atoms with E-state index < -0.39 is 47.5 Å². The molecule has 1 aromatic carbocycles. The van der Waals surface area contributed by atoms with E-state index in [1.165, 1.54) is 6.92 Å². The minimum absolute atomic E-state index is 0.00480. The fourth-order valence-electron chi connectivity index (χ4n) is 1.36. The van der Waals surface area contributed by atoms with Gasteiger partial charge in [0.25, 0.3) is 0 Å². The molecule has 0 atom stereocenters. The van der Waals surface area contributed by atoms with E-state index in [1.54, 1.807) is 5.32 Å². The third-order valence-electron chi connectivity index (χ3n) is 2.34. The Hall–Kier alpha value is -2.32. The molecule has 5 nitrogen and oxygen atoms in total. The van der Waals surface area contributed by atoms with Gasteiger partial charge in [0, 0.05) is 12.6 Å². The molecule has 110 valence electrons. The van der Waals surface area contributed by atoms with Crippen molar-refractivity contribution in [3.63, 3.8) is 0 Å². The standard InChI is InChI=1S/C11H10F4N2O3/c1-2-17(4-7(18)19)11(20)16-10-8(14)5(12)3-6(13)9(10)15/h3H,2,4H2,1H3,(H,16,20)(H,18,19). The molecular weight excluding hydrogens is 284 g/mol. The van der Waals surface area contributed by atoms with Crippen molar-refractivity contribution >= 4 is 17.7 Å². The zero-order chi connectivity index (χ0) is 15.4. The molecule has 0 bridgehead atoms. The highest BCUT2D eigenvalue weighted by molar-refractivity contribution is 5.91. The maximum Gasteiger partial charge on any atom is 0.323 e. The molecule has 0 aliphatic heterocycles. The summed E-state index contributed by atoms with van der Waals surface area (Å²) in [5.41, 5.74) is -1.31. The monoisotopic (exact) mass is 294 g/mol. The number of rotatable bonds is 4. The molecule has 2 N–H and O–H groups in total. The number of carbonyl (C=O) groups excluding carboxylic acids is 1. The van der Waals surface area contributed by atoms with Crippen molar-refractivity contribution in [2.24, 2.45) is 0 Å². The molecule has 2 amide bonds. The Morgan fingerprint density at radius 2 is 1.70 bits per heavy atom. The van der Waals surface area contributed by atoms with Gasteiger partial charge < -0.3 is 15.3 Å². The van der Waals surface area contributed by atoms with Gasteiger partial charge in [0.15, 0.2) is 23.3 Å². The van der Waals surface area contributed by atoms with Crippen LogP contribution in [0.2, 0.25) is 0 Å². The van der Waals surface area contributed by atoms with Gasteiger partial charge in [-0.25, -0.2) is 22.4 Å². The van der Waals surface area contributed by atoms with E-state index in [9.17, 15) is 27.2 Å². The summed E-state index contributed by atoms with van der Waals surface area (Å²) < 4.78 is 52.4. The quantitative estimate of drug-likeness (QED) is 0.660. The van der Waals surface area contributed by atoms with Crippen molar-refractivity contribution in [3.05, 3.63) is 29.3 Å². The topological polar surface area (TPSA) is 69.6 Å². The number of benzene rings is 1. The SMILES string of the molecule is CCN(CC(=O)O)C(=O)Nc1c(F)c(F)cc(F)c1F. The van der Waals surface area contributed by atoms with Crippen LogP contribution in [0.3, 0.4) is 0 Å². The Balaban J connectivity index is 3.04. The van der Waals surface area contributed by atoms with E-state index in [0.29, 0.717) is 4.90 Å². The van der Waals surface area contributed by atoms with E-state index in [4.69, 9.17) is 5.11 Å². The van der Waals surface area contributed by atoms with Crippen molar-refractivity contribution in [3.8, 4) is 0 Å². The highest BCUT2D eigenvalue weighted by Crippen LogP contribution is 2.24. The average molecular weight is 294 g/mol. The number of carboxylic acids is 1. The number of carbonyl (C=O) groups is 2. The summed E-state index contributed by atoms with van der Waals surface area (Å²) in [5, 5.41) is 10.1. The van der Waals surface area contributed by atoms with Crippen LogP contribution in [0.4, 0.5) is 28.0 Å². The van der Waals surface area contributed by atoms with Crippen molar-refractivity contribution < 1.29 is 32.3 Å². The molecule has 9 heteroatoms. The Morgan fingerprint density at radius 1 is 1.20 bits per heavy atom. The number of hydrogen-bond donors (Lipinski definition) is 2. The number of anilines is 1. The predicted molar refractivity (Wildman–Crippen MR) is 60.2 cm³/mol. The first-order valence-corrected chi connectivity index (χ1v) is 5.38. The summed E-state index contributed by atoms with van der Waals surface area (Å²) in [4.78, 5) is 22.7. The summed E-state index contributed by atoms with van der Waals surface area (Å²) in [5.74, 6) is -8.26. The third-order valence-corrected chi connectivity index (χ3v) is 2.34. The van der Waals surface area contributed by atoms with Crippen LogP contribution in [0.5, 0.6) is 0 Å². The lowest BCUT2D eigenvalue weighted by atomic mass is 10.2. The first-order valence-electron chi connectivity index (χ1n) is 5.38. The predicted octanol–water partition coefficient (Wildman–Crippen LogP) is 2.18. The average Bonchev–Trinajstić information content (AvgIpc) is 2.38. The van der Waals surface area contributed by atoms with Crippen molar-refractivity contribution in [2.75, 3.05) is 18.4 Å². The summed E-state index contributed by atoms with van der Waals surface area (Å²) in [6, 6.07) is -1.20. The summed E-state index contributed by atoms with van der Waals surface area (Å²) >= 11 is 0. The number of carboxylic acid groups (broad SMARTS) is 1. The van der Waals surface area contributed by atoms with E-state index in [-0.39, 0.29) is 12.6 Å². The molecule has 0 spiro atoms. The summed E-state index contributed by atoms with van der Waals surface area (Å²) in [6.07, 6.45) is 0. The van der Waals surface area contributed by atoms with Crippen LogP contribution in [-0.4, -0.2) is 35.1 Å². The van der Waals surface area contributed by atoms with Gasteiger partial charge in [-0.3, -0.25) is 4.79 Å². The Kier molecular flexibility index (Phi) is 4.89. The van der Waals surface area contributed by atoms with Crippen LogP contribution in [0.25, 0.3) is 0 Å². The highest BCUT2D eigenvalue weighted by Gasteiger charge is 2.23. The Bertz CT molecular complexity index is 525. The maximum absolute atomic E-state index is 13.3. The number of amides is 2. The molecular formula is C11H10F4N2O3. The van der Waals surface area contributed by atoms with Crippen molar-refractivity contribution in [2.45, 2.75) is 6.92 Å². The summed E-state index contributed by atoms with van der Waals surface area (Å²) in [6.45, 7) is 0.601. The second-order valence-electron chi connectivity index (χ2n) is 3.68. The van der Waals surface area contributed by atoms with Crippen molar-refractivity contribution in [1.29, 1.82) is 0 Å². The molecule has 0 aliphatic carbocycles. The lowest BCUT2D eigenvalue weighted by Gasteiger charge is -2.19. The Labute approximate surface area is 110 Å². The number of likely N-dealkylation sites (N-methyl/N-ethyl adjacent to an activating group) is 1. The van der Waals surface area contributed by atoms with Crippen LogP contribution >= 0.6 is 0 Å². The van der Waals surface area contributed by atoms with Gasteiger partial charge in [0.2, 0.25) is 0 Å². The number of aliphatic carboxylic acids is 1. The van der Waals surface area contributed by atoms with Crippen LogP contribution in [0.1, 0.15) is 6.92 Å². The van der Waals surface area contributed by atoms with Gasteiger partial charge >= 0.3 is 12.0 Å². The Morgan fingerprint density at radius 3 is 2.10 bits per heavy atom. The van der Waals surface area contributed by atoms with Crippen LogP contribution in [0.15, 0.2) is 6.07 Å². The van der Waals surface area contributed by atoms with Gasteiger partial charge in [-0.15, -0.1) is 0 Å². The van der Waals surface area contributed by atoms with E-state index in [1.807, 2.05) is 0 Å². The fraction of sp³-hybridized carbons (Fsp3) is 0.273. The van der Waals surface area contributed by atoms with Gasteiger partial charge in [0.05, 0.1) is 0 Å². The first-order chi connectivity index (χ1) is 9.27. The lowest BCUT2D eigenvalue weighted by molar-refractivity contribution is -0.137. The molecule has 0 unspecified atom stereocenters. The second-order valence-corrected chi connectivity index (χ2v) is 3.68. The van der Waals surface area contributed by atoms with Crippen LogP contribution in [0, 0.1) is 23.3 Å². The van der Waals surface area contributed by atoms with E-state index in [0.717, 1.165) is 0 Å². The molecule has 0 saturated heterocycles. The van der Waals surface area contributed by atoms with E-state index >= 15 is 0 Å². The van der Waals surface area contributed by atoms with Crippen LogP contribution < -0.4 is 5.32 Å². The zero-order valence-electron chi connectivity index (χ0n) is 10.2. The van der Waals surface area contributed by atoms with Gasteiger partial charge in [-0.2, -0.15) is 0 Å². The molecule has 0 heterocycles. The first kappa shape index (κ1) is 15.7. The molecule has 1 rings (SSSR count). The van der Waals surface area contributed by atoms with E-state index in [2.05, 4.69) is 0 Å².